The average molecular weight is 705 g/mol. The van der Waals surface area contributed by atoms with Gasteiger partial charge in [-0.2, -0.15) is 0 Å². The molecule has 254 valence electrons. The number of allylic oxidation sites excluding steroid dienone is 4. The lowest BCUT2D eigenvalue weighted by Crippen LogP contribution is -2.37. The molecule has 0 unspecified atom stereocenters. The van der Waals surface area contributed by atoms with Gasteiger partial charge in [-0.1, -0.05) is 116 Å². The molecule has 0 saturated heterocycles. The molecule has 3 aromatic carbocycles. The van der Waals surface area contributed by atoms with Crippen LogP contribution in [0.15, 0.2) is 152 Å². The summed E-state index contributed by atoms with van der Waals surface area (Å²) >= 11 is 3.50. The van der Waals surface area contributed by atoms with Crippen molar-refractivity contribution in [3.05, 3.63) is 184 Å². The smallest absolute Gasteiger partial charge is 0.246 e. The van der Waals surface area contributed by atoms with Crippen LogP contribution in [-0.4, -0.2) is 34.7 Å². The first-order valence-electron chi connectivity index (χ1n) is 17.2. The second-order valence-corrected chi connectivity index (χ2v) is 15.2. The Labute approximate surface area is 308 Å². The van der Waals surface area contributed by atoms with E-state index in [1.807, 2.05) is 65.3 Å². The molecule has 0 fully saturated rings. The highest BCUT2D eigenvalue weighted by atomic mass is 32.1. The molecule has 5 aromatic rings. The Morgan fingerprint density at radius 2 is 1.37 bits per heavy atom. The zero-order chi connectivity index (χ0) is 35.3. The predicted molar refractivity (Wildman–Crippen MR) is 214 cm³/mol. The third kappa shape index (κ3) is 7.43. The van der Waals surface area contributed by atoms with Crippen LogP contribution in [0.25, 0.3) is 27.0 Å². The number of hydrogen-bond acceptors (Lipinski definition) is 4. The molecule has 4 heterocycles. The van der Waals surface area contributed by atoms with E-state index in [2.05, 4.69) is 92.0 Å². The maximum atomic E-state index is 13.8. The minimum atomic E-state index is -0.0466. The van der Waals surface area contributed by atoms with E-state index in [9.17, 15) is 9.59 Å². The largest absolute Gasteiger partial charge is 0.333 e. The van der Waals surface area contributed by atoms with Gasteiger partial charge in [-0.15, -0.1) is 22.7 Å². The van der Waals surface area contributed by atoms with Crippen molar-refractivity contribution >= 4 is 40.6 Å². The third-order valence-electron chi connectivity index (χ3n) is 9.62. The SMILES string of the molecule is C=CC(=O)N1Cc2sc(-c3cccc(/C=C/C(=O)N4Cc5sc(-c6ccccc6)cc5[C@@H](C(=C)/C=C\C=C/C)C4)c3)cc2[C@H](c2ccccc2)C1. The fraction of sp³-hybridized carbons (Fsp3) is 0.156. The van der Waals surface area contributed by atoms with Crippen molar-refractivity contribution in [2.24, 2.45) is 0 Å². The number of benzene rings is 3. The second kappa shape index (κ2) is 15.3. The second-order valence-electron chi connectivity index (χ2n) is 12.9. The first-order valence-corrected chi connectivity index (χ1v) is 18.9. The first kappa shape index (κ1) is 34.2. The minimum absolute atomic E-state index is 0.0137. The van der Waals surface area contributed by atoms with E-state index in [0.29, 0.717) is 26.2 Å². The van der Waals surface area contributed by atoms with Crippen LogP contribution < -0.4 is 0 Å². The van der Waals surface area contributed by atoms with Gasteiger partial charge in [-0.25, -0.2) is 0 Å². The molecule has 2 atom stereocenters. The minimum Gasteiger partial charge on any atom is -0.333 e. The summed E-state index contributed by atoms with van der Waals surface area (Å²) in [5.41, 5.74) is 7.97. The van der Waals surface area contributed by atoms with Crippen LogP contribution in [0, 0.1) is 0 Å². The Morgan fingerprint density at radius 1 is 0.725 bits per heavy atom. The number of fused-ring (bicyclic) bond motifs is 2. The highest BCUT2D eigenvalue weighted by Gasteiger charge is 2.32. The van der Waals surface area contributed by atoms with Crippen LogP contribution in [0.3, 0.4) is 0 Å². The molecular formula is C45H40N2O2S2. The zero-order valence-corrected chi connectivity index (χ0v) is 30.3. The van der Waals surface area contributed by atoms with Crippen LogP contribution in [-0.2, 0) is 22.7 Å². The fourth-order valence-electron chi connectivity index (χ4n) is 6.95. The summed E-state index contributed by atoms with van der Waals surface area (Å²) in [5, 5.41) is 0. The van der Waals surface area contributed by atoms with Crippen molar-refractivity contribution < 1.29 is 9.59 Å². The number of carbonyl (C=O) groups excluding carboxylic acids is 2. The number of rotatable bonds is 9. The maximum Gasteiger partial charge on any atom is 0.246 e. The van der Waals surface area contributed by atoms with Gasteiger partial charge in [-0.3, -0.25) is 9.59 Å². The number of nitrogens with zero attached hydrogens (tertiary/aromatic N) is 2. The van der Waals surface area contributed by atoms with Gasteiger partial charge in [0.2, 0.25) is 11.8 Å². The van der Waals surface area contributed by atoms with Crippen molar-refractivity contribution in [3.63, 3.8) is 0 Å². The summed E-state index contributed by atoms with van der Waals surface area (Å²) in [7, 11) is 0. The predicted octanol–water partition coefficient (Wildman–Crippen LogP) is 10.6. The molecule has 4 nitrogen and oxygen atoms in total. The Kier molecular flexibility index (Phi) is 10.2. The quantitative estimate of drug-likeness (QED) is 0.113. The van der Waals surface area contributed by atoms with Crippen LogP contribution in [0.4, 0.5) is 0 Å². The zero-order valence-electron chi connectivity index (χ0n) is 28.7. The van der Waals surface area contributed by atoms with Gasteiger partial charge in [-0.05, 0) is 76.2 Å². The molecule has 2 aliphatic rings. The Morgan fingerprint density at radius 3 is 2.10 bits per heavy atom. The Hall–Kier alpha value is -5.30. The first-order chi connectivity index (χ1) is 24.9. The summed E-state index contributed by atoms with van der Waals surface area (Å²) in [6, 6.07) is 33.8. The van der Waals surface area contributed by atoms with E-state index in [1.54, 1.807) is 28.7 Å². The van der Waals surface area contributed by atoms with E-state index in [0.717, 1.165) is 21.6 Å². The van der Waals surface area contributed by atoms with E-state index >= 15 is 0 Å². The number of hydrogen-bond donors (Lipinski definition) is 0. The van der Waals surface area contributed by atoms with Gasteiger partial charge in [0.15, 0.2) is 0 Å². The van der Waals surface area contributed by atoms with Gasteiger partial charge in [0.05, 0.1) is 13.1 Å². The van der Waals surface area contributed by atoms with E-state index < -0.39 is 0 Å². The third-order valence-corrected chi connectivity index (χ3v) is 12.0. The van der Waals surface area contributed by atoms with Crippen molar-refractivity contribution in [1.82, 2.24) is 9.80 Å². The Balaban J connectivity index is 1.13. The summed E-state index contributed by atoms with van der Waals surface area (Å²) in [6.07, 6.45) is 13.1. The summed E-state index contributed by atoms with van der Waals surface area (Å²) in [5.74, 6) is 0.0575. The fourth-order valence-corrected chi connectivity index (χ4v) is 9.43. The lowest BCUT2D eigenvalue weighted by molar-refractivity contribution is -0.127. The summed E-state index contributed by atoms with van der Waals surface area (Å²) in [4.78, 5) is 35.1. The average Bonchev–Trinajstić information content (AvgIpc) is 3.82. The maximum absolute atomic E-state index is 13.8. The monoisotopic (exact) mass is 704 g/mol. The van der Waals surface area contributed by atoms with Gasteiger partial charge in [0.1, 0.15) is 0 Å². The number of carbonyl (C=O) groups is 2. The molecule has 7 rings (SSSR count). The molecule has 0 N–H and O–H groups in total. The highest BCUT2D eigenvalue weighted by molar-refractivity contribution is 7.16. The molecule has 2 amide bonds. The summed E-state index contributed by atoms with van der Waals surface area (Å²) < 4.78 is 0. The van der Waals surface area contributed by atoms with Gasteiger partial charge >= 0.3 is 0 Å². The van der Waals surface area contributed by atoms with Gasteiger partial charge in [0.25, 0.3) is 0 Å². The lowest BCUT2D eigenvalue weighted by Gasteiger charge is -2.32. The van der Waals surface area contributed by atoms with Crippen LogP contribution in [0.2, 0.25) is 0 Å². The molecule has 0 spiro atoms. The normalized spacial score (nSPS) is 17.2. The molecule has 0 saturated carbocycles. The molecule has 0 bridgehead atoms. The lowest BCUT2D eigenvalue weighted by atomic mass is 9.88. The molecule has 0 aliphatic carbocycles. The van der Waals surface area contributed by atoms with E-state index in [-0.39, 0.29) is 23.7 Å². The highest BCUT2D eigenvalue weighted by Crippen LogP contribution is 2.43. The van der Waals surface area contributed by atoms with Crippen LogP contribution in [0.5, 0.6) is 0 Å². The summed E-state index contributed by atoms with van der Waals surface area (Å²) in [6.45, 7) is 12.5. The van der Waals surface area contributed by atoms with Gasteiger partial charge in [0, 0.05) is 50.5 Å². The van der Waals surface area contributed by atoms with E-state index in [4.69, 9.17) is 0 Å². The number of amides is 2. The number of thiophene rings is 2. The molecule has 6 heteroatoms. The Bertz CT molecular complexity index is 2170. The van der Waals surface area contributed by atoms with E-state index in [1.165, 1.54) is 43.0 Å². The molecule has 0 radical (unpaired) electrons. The standard InChI is InChI=1S/C45H40N2O2S2/c1-4-6-9-15-31(3)38-27-47(30-42-36(38)25-40(50-42)34-19-12-8-13-20-34)45(49)23-22-32-16-14-21-35(24-32)41-26-37-39(33-17-10-7-11-18-33)28-46(44(48)5-2)29-43(37)51-41/h4-26,38-39H,2-3,27-30H2,1H3/b6-4-,15-9-,23-22+/t38-,39+/m1/s1. The molecule has 2 aromatic heterocycles. The molecular weight excluding hydrogens is 665 g/mol. The van der Waals surface area contributed by atoms with Crippen LogP contribution in [0.1, 0.15) is 50.8 Å². The van der Waals surface area contributed by atoms with Crippen molar-refractivity contribution in [3.8, 4) is 20.9 Å². The van der Waals surface area contributed by atoms with Crippen LogP contribution >= 0.6 is 22.7 Å². The molecule has 2 aliphatic heterocycles. The topological polar surface area (TPSA) is 40.6 Å². The van der Waals surface area contributed by atoms with Gasteiger partial charge < -0.3 is 9.80 Å². The van der Waals surface area contributed by atoms with Crippen molar-refractivity contribution in [1.29, 1.82) is 0 Å². The van der Waals surface area contributed by atoms with Crippen molar-refractivity contribution in [2.45, 2.75) is 31.8 Å². The molecule has 51 heavy (non-hydrogen) atoms. The van der Waals surface area contributed by atoms with Crippen molar-refractivity contribution in [2.75, 3.05) is 13.1 Å².